The van der Waals surface area contributed by atoms with E-state index in [1.165, 1.54) is 26.4 Å². The zero-order valence-electron chi connectivity index (χ0n) is 13.5. The molecule has 0 saturated carbocycles. The van der Waals surface area contributed by atoms with E-state index in [9.17, 15) is 25.2 Å². The van der Waals surface area contributed by atoms with E-state index < -0.39 is 43.3 Å². The maximum atomic E-state index is 11.1. The SMILES string of the molecule is COc1cc(C(=O)O)cc(OC)c1O[C@H]1O[C@@H](CO)[C@H](O)[C@@H](O)[C@@H]1O. The van der Waals surface area contributed by atoms with E-state index in [1.54, 1.807) is 0 Å². The van der Waals surface area contributed by atoms with Crippen LogP contribution in [-0.2, 0) is 4.74 Å². The van der Waals surface area contributed by atoms with E-state index in [-0.39, 0.29) is 22.8 Å². The third-order valence-corrected chi connectivity index (χ3v) is 3.79. The van der Waals surface area contributed by atoms with Crippen LogP contribution >= 0.6 is 0 Å². The second-order valence-corrected chi connectivity index (χ2v) is 5.33. The van der Waals surface area contributed by atoms with Gasteiger partial charge in [-0.25, -0.2) is 4.79 Å². The first kappa shape index (κ1) is 19.2. The van der Waals surface area contributed by atoms with Crippen LogP contribution in [0.4, 0.5) is 0 Å². The van der Waals surface area contributed by atoms with Gasteiger partial charge < -0.3 is 44.5 Å². The highest BCUT2D eigenvalue weighted by atomic mass is 16.7. The average molecular weight is 360 g/mol. The Kier molecular flexibility index (Phi) is 6.03. The number of rotatable bonds is 6. The second-order valence-electron chi connectivity index (χ2n) is 5.33. The summed E-state index contributed by atoms with van der Waals surface area (Å²) in [5, 5.41) is 47.9. The van der Waals surface area contributed by atoms with Gasteiger partial charge in [0.25, 0.3) is 0 Å². The molecule has 1 aliphatic heterocycles. The number of hydrogen-bond donors (Lipinski definition) is 5. The van der Waals surface area contributed by atoms with Crippen LogP contribution in [0, 0.1) is 0 Å². The molecule has 1 fully saturated rings. The fourth-order valence-electron chi connectivity index (χ4n) is 2.40. The van der Waals surface area contributed by atoms with Gasteiger partial charge in [0.05, 0.1) is 26.4 Å². The minimum Gasteiger partial charge on any atom is -0.493 e. The summed E-state index contributed by atoms with van der Waals surface area (Å²) >= 11 is 0. The number of carbonyl (C=O) groups is 1. The molecule has 5 atom stereocenters. The minimum absolute atomic E-state index is 0.00582. The maximum absolute atomic E-state index is 11.1. The molecule has 10 heteroatoms. The van der Waals surface area contributed by atoms with E-state index >= 15 is 0 Å². The molecule has 5 N–H and O–H groups in total. The number of methoxy groups -OCH3 is 2. The Morgan fingerprint density at radius 2 is 1.64 bits per heavy atom. The lowest BCUT2D eigenvalue weighted by molar-refractivity contribution is -0.277. The van der Waals surface area contributed by atoms with Crippen molar-refractivity contribution in [3.05, 3.63) is 17.7 Å². The van der Waals surface area contributed by atoms with E-state index in [0.29, 0.717) is 0 Å². The lowest BCUT2D eigenvalue weighted by Crippen LogP contribution is -2.60. The van der Waals surface area contributed by atoms with Gasteiger partial charge in [-0.1, -0.05) is 0 Å². The number of aromatic carboxylic acids is 1. The van der Waals surface area contributed by atoms with Crippen LogP contribution in [0.3, 0.4) is 0 Å². The molecule has 0 spiro atoms. The first-order chi connectivity index (χ1) is 11.8. The first-order valence-electron chi connectivity index (χ1n) is 7.30. The molecule has 1 saturated heterocycles. The molecule has 140 valence electrons. The maximum Gasteiger partial charge on any atom is 0.335 e. The predicted octanol–water partition coefficient (Wildman–Crippen LogP) is -1.42. The lowest BCUT2D eigenvalue weighted by atomic mass is 9.99. The molecule has 0 amide bonds. The van der Waals surface area contributed by atoms with Crippen molar-refractivity contribution in [1.29, 1.82) is 0 Å². The van der Waals surface area contributed by atoms with E-state index in [1.807, 2.05) is 0 Å². The number of benzene rings is 1. The van der Waals surface area contributed by atoms with Crippen LogP contribution in [0.1, 0.15) is 10.4 Å². The molecular weight excluding hydrogens is 340 g/mol. The molecule has 10 nitrogen and oxygen atoms in total. The highest BCUT2D eigenvalue weighted by Gasteiger charge is 2.45. The number of aliphatic hydroxyl groups excluding tert-OH is 4. The van der Waals surface area contributed by atoms with Gasteiger partial charge in [-0.3, -0.25) is 0 Å². The van der Waals surface area contributed by atoms with Gasteiger partial charge in [0.2, 0.25) is 12.0 Å². The summed E-state index contributed by atoms with van der Waals surface area (Å²) < 4.78 is 20.9. The van der Waals surface area contributed by atoms with Crippen LogP contribution in [-0.4, -0.2) is 83.0 Å². The summed E-state index contributed by atoms with van der Waals surface area (Å²) in [6.45, 7) is -0.614. The lowest BCUT2D eigenvalue weighted by Gasteiger charge is -2.39. The summed E-state index contributed by atoms with van der Waals surface area (Å²) in [5.41, 5.74) is -0.116. The quantitative estimate of drug-likeness (QED) is 0.408. The Morgan fingerprint density at radius 3 is 2.08 bits per heavy atom. The van der Waals surface area contributed by atoms with Gasteiger partial charge in [-0.2, -0.15) is 0 Å². The normalized spacial score (nSPS) is 29.1. The molecule has 1 aliphatic rings. The van der Waals surface area contributed by atoms with Crippen molar-refractivity contribution in [3.8, 4) is 17.2 Å². The standard InChI is InChI=1S/C15H20O10/c1-22-7-3-6(14(20)21)4-8(23-2)13(7)25-15-12(19)11(18)10(17)9(5-16)24-15/h3-4,9-12,15-19H,5H2,1-2H3,(H,20,21)/t9-,10-,11+,12-,15+/m0/s1. The summed E-state index contributed by atoms with van der Waals surface area (Å²) in [6.07, 6.45) is -7.40. The molecule has 2 rings (SSSR count). The Labute approximate surface area is 142 Å². The van der Waals surface area contributed by atoms with Crippen LogP contribution in [0.2, 0.25) is 0 Å². The zero-order valence-corrected chi connectivity index (χ0v) is 13.5. The molecule has 1 aromatic carbocycles. The van der Waals surface area contributed by atoms with Crippen LogP contribution in [0.25, 0.3) is 0 Å². The fourth-order valence-corrected chi connectivity index (χ4v) is 2.40. The van der Waals surface area contributed by atoms with Crippen molar-refractivity contribution in [2.24, 2.45) is 0 Å². The second kappa shape index (κ2) is 7.85. The summed E-state index contributed by atoms with van der Waals surface area (Å²) in [6, 6.07) is 2.37. The van der Waals surface area contributed by atoms with Crippen molar-refractivity contribution in [2.45, 2.75) is 30.7 Å². The van der Waals surface area contributed by atoms with Crippen molar-refractivity contribution < 1.29 is 49.3 Å². The Morgan fingerprint density at radius 1 is 1.08 bits per heavy atom. The Hall–Kier alpha value is -2.11. The van der Waals surface area contributed by atoms with Gasteiger partial charge in [0.15, 0.2) is 11.5 Å². The minimum atomic E-state index is -1.63. The number of hydrogen-bond acceptors (Lipinski definition) is 9. The zero-order chi connectivity index (χ0) is 18.7. The molecule has 1 heterocycles. The number of carboxylic acid groups (broad SMARTS) is 1. The largest absolute Gasteiger partial charge is 0.493 e. The molecule has 25 heavy (non-hydrogen) atoms. The summed E-state index contributed by atoms with van der Waals surface area (Å²) in [7, 11) is 2.56. The van der Waals surface area contributed by atoms with E-state index in [4.69, 9.17) is 24.1 Å². The highest BCUT2D eigenvalue weighted by Crippen LogP contribution is 2.40. The van der Waals surface area contributed by atoms with Gasteiger partial charge >= 0.3 is 5.97 Å². The molecule has 1 aromatic rings. The van der Waals surface area contributed by atoms with Crippen LogP contribution in [0.5, 0.6) is 17.2 Å². The van der Waals surface area contributed by atoms with Gasteiger partial charge in [0.1, 0.15) is 24.4 Å². The van der Waals surface area contributed by atoms with Crippen molar-refractivity contribution in [2.75, 3.05) is 20.8 Å². The van der Waals surface area contributed by atoms with Gasteiger partial charge in [-0.15, -0.1) is 0 Å². The van der Waals surface area contributed by atoms with Gasteiger partial charge in [-0.05, 0) is 12.1 Å². The summed E-state index contributed by atoms with van der Waals surface area (Å²) in [4.78, 5) is 11.1. The third kappa shape index (κ3) is 3.78. The predicted molar refractivity (Wildman–Crippen MR) is 80.9 cm³/mol. The molecule has 0 radical (unpaired) electrons. The van der Waals surface area contributed by atoms with E-state index in [0.717, 1.165) is 0 Å². The molecule has 0 aliphatic carbocycles. The fraction of sp³-hybridized carbons (Fsp3) is 0.533. The monoisotopic (exact) mass is 360 g/mol. The summed E-state index contributed by atoms with van der Waals surface area (Å²) in [5.74, 6) is -1.29. The number of carboxylic acids is 1. The van der Waals surface area contributed by atoms with Crippen LogP contribution in [0.15, 0.2) is 12.1 Å². The van der Waals surface area contributed by atoms with Gasteiger partial charge in [0, 0.05) is 0 Å². The Bertz CT molecular complexity index is 591. The third-order valence-electron chi connectivity index (χ3n) is 3.79. The first-order valence-corrected chi connectivity index (χ1v) is 7.30. The highest BCUT2D eigenvalue weighted by molar-refractivity contribution is 5.89. The van der Waals surface area contributed by atoms with Crippen molar-refractivity contribution >= 4 is 5.97 Å². The topological polar surface area (TPSA) is 155 Å². The van der Waals surface area contributed by atoms with E-state index in [2.05, 4.69) is 0 Å². The van der Waals surface area contributed by atoms with Crippen LogP contribution < -0.4 is 14.2 Å². The molecule has 0 aromatic heterocycles. The smallest absolute Gasteiger partial charge is 0.335 e. The Balaban J connectivity index is 2.36. The molecule has 0 unspecified atom stereocenters. The average Bonchev–Trinajstić information content (AvgIpc) is 2.61. The van der Waals surface area contributed by atoms with Crippen molar-refractivity contribution in [1.82, 2.24) is 0 Å². The molecular formula is C15H20O10. The number of ether oxygens (including phenoxy) is 4. The number of aliphatic hydroxyl groups is 4. The molecule has 0 bridgehead atoms. The van der Waals surface area contributed by atoms with Crippen molar-refractivity contribution in [3.63, 3.8) is 0 Å².